The van der Waals surface area contributed by atoms with E-state index in [2.05, 4.69) is 25.3 Å². The molecule has 0 radical (unpaired) electrons. The molecule has 1 aromatic carbocycles. The molecule has 10 nitrogen and oxygen atoms in total. The number of alkyl halides is 3. The van der Waals surface area contributed by atoms with Crippen LogP contribution < -0.4 is 20.5 Å². The second-order valence-electron chi connectivity index (χ2n) is 7.04. The quantitative estimate of drug-likeness (QED) is 0.394. The fourth-order valence-corrected chi connectivity index (χ4v) is 3.02. The third kappa shape index (κ3) is 6.54. The number of nitrogens with zero attached hydrogens (tertiary/aromatic N) is 4. The predicted molar refractivity (Wildman–Crippen MR) is 118 cm³/mol. The molecule has 0 atom stereocenters. The van der Waals surface area contributed by atoms with Crippen molar-refractivity contribution in [3.05, 3.63) is 35.5 Å². The van der Waals surface area contributed by atoms with E-state index in [0.29, 0.717) is 59.9 Å². The van der Waals surface area contributed by atoms with Gasteiger partial charge >= 0.3 is 6.18 Å². The van der Waals surface area contributed by atoms with Crippen LogP contribution in [0.1, 0.15) is 17.3 Å². The largest absolute Gasteiger partial charge is 0.493 e. The van der Waals surface area contributed by atoms with Crippen LogP contribution in [0.5, 0.6) is 11.5 Å². The maximum absolute atomic E-state index is 13.0. The Morgan fingerprint density at radius 1 is 0.941 bits per heavy atom. The van der Waals surface area contributed by atoms with E-state index >= 15 is 0 Å². The Morgan fingerprint density at radius 3 is 2.41 bits per heavy atom. The highest BCUT2D eigenvalue weighted by Gasteiger charge is 2.33. The van der Waals surface area contributed by atoms with Gasteiger partial charge in [-0.1, -0.05) is 0 Å². The molecule has 184 valence electrons. The number of nitrogens with one attached hydrogen (secondary N) is 1. The lowest BCUT2D eigenvalue weighted by Crippen LogP contribution is -2.15. The van der Waals surface area contributed by atoms with Crippen molar-refractivity contribution in [1.82, 2.24) is 19.9 Å². The Labute approximate surface area is 193 Å². The maximum atomic E-state index is 13.0. The third-order valence-corrected chi connectivity index (χ3v) is 4.51. The number of methoxy groups -OCH3 is 2. The summed E-state index contributed by atoms with van der Waals surface area (Å²) in [6.07, 6.45) is -4.64. The lowest BCUT2D eigenvalue weighted by Gasteiger charge is -2.15. The minimum absolute atomic E-state index is 0.130. The summed E-state index contributed by atoms with van der Waals surface area (Å²) in [5, 5.41) is 3.54. The van der Waals surface area contributed by atoms with Crippen molar-refractivity contribution in [1.29, 1.82) is 0 Å². The monoisotopic (exact) mass is 482 g/mol. The summed E-state index contributed by atoms with van der Waals surface area (Å²) in [4.78, 5) is 16.2. The first-order valence-electron chi connectivity index (χ1n) is 10.2. The molecular formula is C21H25F3N6O4. The van der Waals surface area contributed by atoms with E-state index in [0.717, 1.165) is 0 Å². The third-order valence-electron chi connectivity index (χ3n) is 4.51. The van der Waals surface area contributed by atoms with E-state index in [4.69, 9.17) is 24.7 Å². The molecule has 0 bridgehead atoms. The van der Waals surface area contributed by atoms with Crippen LogP contribution in [0.2, 0.25) is 0 Å². The number of fused-ring (bicyclic) bond motifs is 1. The molecule has 0 spiro atoms. The van der Waals surface area contributed by atoms with Crippen molar-refractivity contribution in [3.8, 4) is 11.5 Å². The standard InChI is InChI=1S/C21H25F3N6O4/c1-12-27-14-9-15(32-3)16(34-7-6-33-5-4-31-2)8-13(14)20(28-12)26-11-19-29-17(21(22,23)24)10-18(25)30-19/h8-10H,4-7,11H2,1-3H3,(H2,25,29,30)(H,26,27,28). The molecule has 0 amide bonds. The van der Waals surface area contributed by atoms with Gasteiger partial charge in [-0.15, -0.1) is 0 Å². The molecule has 0 aliphatic carbocycles. The van der Waals surface area contributed by atoms with Crippen LogP contribution in [0.15, 0.2) is 18.2 Å². The van der Waals surface area contributed by atoms with Gasteiger partial charge in [0, 0.05) is 24.6 Å². The van der Waals surface area contributed by atoms with E-state index in [9.17, 15) is 13.2 Å². The number of aromatic nitrogens is 4. The number of nitrogens with two attached hydrogens (primary N) is 1. The highest BCUT2D eigenvalue weighted by Crippen LogP contribution is 2.34. The summed E-state index contributed by atoms with van der Waals surface area (Å²) in [6.45, 7) is 3.07. The Bertz CT molecular complexity index is 1130. The minimum atomic E-state index is -4.64. The Balaban J connectivity index is 1.84. The summed E-state index contributed by atoms with van der Waals surface area (Å²) >= 11 is 0. The van der Waals surface area contributed by atoms with Gasteiger partial charge in [-0.05, 0) is 13.0 Å². The molecule has 0 saturated carbocycles. The number of hydrogen-bond acceptors (Lipinski definition) is 10. The zero-order valence-electron chi connectivity index (χ0n) is 18.9. The van der Waals surface area contributed by atoms with E-state index < -0.39 is 11.9 Å². The molecule has 3 aromatic rings. The van der Waals surface area contributed by atoms with Crippen LogP contribution in [-0.4, -0.2) is 60.6 Å². The molecule has 0 saturated heterocycles. The van der Waals surface area contributed by atoms with Crippen molar-refractivity contribution in [2.75, 3.05) is 51.7 Å². The molecule has 0 aliphatic rings. The molecule has 3 N–H and O–H groups in total. The van der Waals surface area contributed by atoms with Crippen LogP contribution in [-0.2, 0) is 22.2 Å². The molecule has 0 unspecified atom stereocenters. The highest BCUT2D eigenvalue weighted by atomic mass is 19.4. The first kappa shape index (κ1) is 25.2. The first-order chi connectivity index (χ1) is 16.2. The molecule has 13 heteroatoms. The Kier molecular flexibility index (Phi) is 8.23. The maximum Gasteiger partial charge on any atom is 0.433 e. The van der Waals surface area contributed by atoms with Gasteiger partial charge in [0.05, 0.1) is 39.0 Å². The molecule has 2 heterocycles. The van der Waals surface area contributed by atoms with Crippen molar-refractivity contribution in [2.24, 2.45) is 0 Å². The number of nitrogen functional groups attached to an aromatic ring is 1. The zero-order valence-corrected chi connectivity index (χ0v) is 18.9. The molecule has 3 rings (SSSR count). The van der Waals surface area contributed by atoms with Gasteiger partial charge in [-0.3, -0.25) is 0 Å². The second kappa shape index (κ2) is 11.1. The predicted octanol–water partition coefficient (Wildman–Crippen LogP) is 2.99. The fraction of sp³-hybridized carbons (Fsp3) is 0.429. The number of benzene rings is 1. The molecule has 2 aromatic heterocycles. The van der Waals surface area contributed by atoms with Gasteiger partial charge in [0.25, 0.3) is 0 Å². The van der Waals surface area contributed by atoms with E-state index in [1.807, 2.05) is 0 Å². The summed E-state index contributed by atoms with van der Waals surface area (Å²) in [6, 6.07) is 4.06. The van der Waals surface area contributed by atoms with Crippen molar-refractivity contribution < 1.29 is 32.1 Å². The van der Waals surface area contributed by atoms with Crippen molar-refractivity contribution in [2.45, 2.75) is 19.6 Å². The average Bonchev–Trinajstić information content (AvgIpc) is 2.78. The van der Waals surface area contributed by atoms with Crippen LogP contribution in [0, 0.1) is 6.92 Å². The van der Waals surface area contributed by atoms with Crippen molar-refractivity contribution >= 4 is 22.5 Å². The Morgan fingerprint density at radius 2 is 1.71 bits per heavy atom. The number of ether oxygens (including phenoxy) is 4. The first-order valence-corrected chi connectivity index (χ1v) is 10.2. The van der Waals surface area contributed by atoms with Gasteiger partial charge in [0.1, 0.15) is 35.6 Å². The summed E-state index contributed by atoms with van der Waals surface area (Å²) in [5.74, 6) is 1.29. The second-order valence-corrected chi connectivity index (χ2v) is 7.04. The highest BCUT2D eigenvalue weighted by molar-refractivity contribution is 5.91. The van der Waals surface area contributed by atoms with Crippen LogP contribution in [0.3, 0.4) is 0 Å². The summed E-state index contributed by atoms with van der Waals surface area (Å²) < 4.78 is 60.7. The van der Waals surface area contributed by atoms with Crippen molar-refractivity contribution in [3.63, 3.8) is 0 Å². The number of aryl methyl sites for hydroxylation is 1. The summed E-state index contributed by atoms with van der Waals surface area (Å²) in [5.41, 5.74) is 4.96. The van der Waals surface area contributed by atoms with Crippen LogP contribution >= 0.6 is 0 Å². The molecular weight excluding hydrogens is 457 g/mol. The zero-order chi connectivity index (χ0) is 24.7. The van der Waals surface area contributed by atoms with E-state index in [1.54, 1.807) is 26.2 Å². The minimum Gasteiger partial charge on any atom is -0.493 e. The normalized spacial score (nSPS) is 11.6. The van der Waals surface area contributed by atoms with Crippen LogP contribution in [0.25, 0.3) is 10.9 Å². The van der Waals surface area contributed by atoms with Gasteiger partial charge in [0.15, 0.2) is 11.5 Å². The number of halogens is 3. The smallest absolute Gasteiger partial charge is 0.433 e. The van der Waals surface area contributed by atoms with Gasteiger partial charge < -0.3 is 30.0 Å². The fourth-order valence-electron chi connectivity index (χ4n) is 3.02. The lowest BCUT2D eigenvalue weighted by atomic mass is 10.2. The average molecular weight is 482 g/mol. The molecule has 0 aliphatic heterocycles. The SMILES string of the molecule is COCCOCCOc1cc2c(NCc3nc(N)cc(C(F)(F)F)n3)nc(C)nc2cc1OC. The number of rotatable bonds is 11. The Hall–Kier alpha value is -3.45. The van der Waals surface area contributed by atoms with Gasteiger partial charge in [-0.2, -0.15) is 13.2 Å². The number of hydrogen-bond donors (Lipinski definition) is 2. The topological polar surface area (TPSA) is 127 Å². The number of anilines is 2. The van der Waals surface area contributed by atoms with E-state index in [1.165, 1.54) is 7.11 Å². The molecule has 34 heavy (non-hydrogen) atoms. The van der Waals surface area contributed by atoms with Gasteiger partial charge in [-0.25, -0.2) is 19.9 Å². The van der Waals surface area contributed by atoms with E-state index in [-0.39, 0.29) is 24.8 Å². The molecule has 0 fully saturated rings. The summed E-state index contributed by atoms with van der Waals surface area (Å²) in [7, 11) is 3.09. The lowest BCUT2D eigenvalue weighted by molar-refractivity contribution is -0.141. The van der Waals surface area contributed by atoms with Crippen LogP contribution in [0.4, 0.5) is 24.8 Å². The van der Waals surface area contributed by atoms with Gasteiger partial charge in [0.2, 0.25) is 0 Å².